The highest BCUT2D eigenvalue weighted by molar-refractivity contribution is 6.47. The fraction of sp³-hybridized carbons (Fsp3) is 0.500. The molecule has 152 valence electrons. The smallest absolute Gasteiger partial charge is 0.534 e. The maximum Gasteiger partial charge on any atom is 0.547 e. The van der Waals surface area contributed by atoms with Crippen LogP contribution in [0.25, 0.3) is 0 Å². The van der Waals surface area contributed by atoms with Crippen molar-refractivity contribution in [1.82, 2.24) is 5.32 Å². The topological polar surface area (TPSA) is 131 Å². The molecule has 0 aromatic heterocycles. The summed E-state index contributed by atoms with van der Waals surface area (Å²) in [6.45, 7) is 6.01. The number of aromatic hydroxyl groups is 1. The molecular formula is C18H24BNO8. The number of ether oxygens (including phenoxy) is 2. The Morgan fingerprint density at radius 2 is 1.96 bits per heavy atom. The third-order valence-electron chi connectivity index (χ3n) is 4.10. The van der Waals surface area contributed by atoms with Crippen molar-refractivity contribution in [3.63, 3.8) is 0 Å². The molecule has 1 aliphatic heterocycles. The number of carbonyl (C=O) groups is 3. The quantitative estimate of drug-likeness (QED) is 0.383. The van der Waals surface area contributed by atoms with E-state index in [2.05, 4.69) is 5.32 Å². The molecule has 1 atom stereocenters. The Kier molecular flexibility index (Phi) is 6.55. The molecule has 0 unspecified atom stereocenters. The number of fused-ring (bicyclic) bond motifs is 1. The van der Waals surface area contributed by atoms with Crippen molar-refractivity contribution in [2.75, 3.05) is 6.79 Å². The van der Waals surface area contributed by atoms with Crippen molar-refractivity contribution >= 4 is 25.0 Å². The first-order valence-electron chi connectivity index (χ1n) is 8.87. The summed E-state index contributed by atoms with van der Waals surface area (Å²) in [5.41, 5.74) is -0.544. The number of phenols is 1. The number of carbonyl (C=O) groups excluding carboxylic acids is 3. The summed E-state index contributed by atoms with van der Waals surface area (Å²) in [5, 5.41) is 22.9. The average molecular weight is 393 g/mol. The van der Waals surface area contributed by atoms with Gasteiger partial charge in [-0.25, -0.2) is 4.79 Å². The third kappa shape index (κ3) is 4.95. The molecule has 0 fully saturated rings. The van der Waals surface area contributed by atoms with Gasteiger partial charge in [-0.15, -0.1) is 0 Å². The molecule has 9 nitrogen and oxygen atoms in total. The van der Waals surface area contributed by atoms with E-state index < -0.39 is 43.0 Å². The van der Waals surface area contributed by atoms with E-state index in [9.17, 15) is 24.5 Å². The van der Waals surface area contributed by atoms with Crippen molar-refractivity contribution in [1.29, 1.82) is 0 Å². The first-order valence-corrected chi connectivity index (χ1v) is 8.87. The molecule has 2 rings (SSSR count). The summed E-state index contributed by atoms with van der Waals surface area (Å²) in [6, 6.07) is 2.81. The molecule has 0 bridgehead atoms. The van der Waals surface area contributed by atoms with E-state index >= 15 is 0 Å². The van der Waals surface area contributed by atoms with Crippen LogP contribution in [0.1, 0.15) is 50.0 Å². The van der Waals surface area contributed by atoms with Gasteiger partial charge in [0.15, 0.2) is 0 Å². The molecule has 0 saturated heterocycles. The fourth-order valence-electron chi connectivity index (χ4n) is 2.51. The number of esters is 2. The second kappa shape index (κ2) is 8.51. The van der Waals surface area contributed by atoms with Gasteiger partial charge in [0.05, 0.1) is 11.4 Å². The van der Waals surface area contributed by atoms with Gasteiger partial charge in [0.25, 0.3) is 0 Å². The Bertz CT molecular complexity index is 774. The molecule has 1 amide bonds. The van der Waals surface area contributed by atoms with Crippen LogP contribution in [0.5, 0.6) is 11.5 Å². The van der Waals surface area contributed by atoms with Gasteiger partial charge in [0.1, 0.15) is 17.1 Å². The first kappa shape index (κ1) is 21.6. The number of nitrogens with one attached hydrogen (secondary N) is 1. The number of amides is 1. The van der Waals surface area contributed by atoms with E-state index in [0.29, 0.717) is 5.56 Å². The van der Waals surface area contributed by atoms with Gasteiger partial charge in [0.2, 0.25) is 12.7 Å². The molecule has 28 heavy (non-hydrogen) atoms. The van der Waals surface area contributed by atoms with Gasteiger partial charge in [-0.05, 0) is 38.8 Å². The first-order chi connectivity index (χ1) is 13.0. The standard InChI is InChI=1S/C18H24BNO8/c1-5-13(22)20-12-8-10-6-7-11(21)14(15(10)28-19(12)25)16(23)26-9-27-17(24)18(2,3)4/h6-7,12,21,25H,5,8-9H2,1-4H3,(H,20,22)/t12-/m0/s1. The largest absolute Gasteiger partial charge is 0.547 e. The van der Waals surface area contributed by atoms with Crippen molar-refractivity contribution < 1.29 is 38.6 Å². The lowest BCUT2D eigenvalue weighted by atomic mass is 9.72. The van der Waals surface area contributed by atoms with E-state index in [1.807, 2.05) is 0 Å². The highest BCUT2D eigenvalue weighted by Gasteiger charge is 2.38. The van der Waals surface area contributed by atoms with Gasteiger partial charge in [-0.1, -0.05) is 13.0 Å². The van der Waals surface area contributed by atoms with Crippen LogP contribution in [-0.4, -0.2) is 47.8 Å². The number of hydrogen-bond acceptors (Lipinski definition) is 8. The maximum absolute atomic E-state index is 12.4. The lowest BCUT2D eigenvalue weighted by molar-refractivity contribution is -0.161. The molecular weight excluding hydrogens is 369 g/mol. The van der Waals surface area contributed by atoms with Crippen molar-refractivity contribution in [3.8, 4) is 11.5 Å². The molecule has 0 saturated carbocycles. The van der Waals surface area contributed by atoms with E-state index in [1.54, 1.807) is 27.7 Å². The van der Waals surface area contributed by atoms with Crippen molar-refractivity contribution in [3.05, 3.63) is 23.3 Å². The minimum absolute atomic E-state index is 0.0401. The number of rotatable bonds is 5. The van der Waals surface area contributed by atoms with Gasteiger partial charge in [-0.2, -0.15) is 0 Å². The fourth-order valence-corrected chi connectivity index (χ4v) is 2.51. The van der Waals surface area contributed by atoms with Gasteiger partial charge < -0.3 is 29.6 Å². The molecule has 0 radical (unpaired) electrons. The zero-order chi connectivity index (χ0) is 21.1. The molecule has 1 aromatic rings. The maximum atomic E-state index is 12.4. The number of benzene rings is 1. The predicted molar refractivity (Wildman–Crippen MR) is 98.5 cm³/mol. The second-order valence-corrected chi connectivity index (χ2v) is 7.42. The minimum Gasteiger partial charge on any atom is -0.534 e. The molecule has 1 heterocycles. The lowest BCUT2D eigenvalue weighted by Crippen LogP contribution is -2.53. The Morgan fingerprint density at radius 1 is 1.29 bits per heavy atom. The molecule has 0 spiro atoms. The number of phenolic OH excluding ortho intramolecular Hbond substituents is 1. The lowest BCUT2D eigenvalue weighted by Gasteiger charge is -2.29. The van der Waals surface area contributed by atoms with Crippen molar-refractivity contribution in [2.24, 2.45) is 5.41 Å². The zero-order valence-electron chi connectivity index (χ0n) is 16.3. The average Bonchev–Trinajstić information content (AvgIpc) is 2.61. The monoisotopic (exact) mass is 393 g/mol. The summed E-state index contributed by atoms with van der Waals surface area (Å²) in [5.74, 6) is -2.92. The summed E-state index contributed by atoms with van der Waals surface area (Å²) in [6.07, 6.45) is 0.443. The Hall–Kier alpha value is -2.75. The zero-order valence-corrected chi connectivity index (χ0v) is 16.3. The third-order valence-corrected chi connectivity index (χ3v) is 4.10. The van der Waals surface area contributed by atoms with Gasteiger partial charge in [0, 0.05) is 6.42 Å². The molecule has 10 heteroatoms. The molecule has 3 N–H and O–H groups in total. The summed E-state index contributed by atoms with van der Waals surface area (Å²) in [7, 11) is -1.41. The van der Waals surface area contributed by atoms with Crippen LogP contribution in [0.15, 0.2) is 12.1 Å². The highest BCUT2D eigenvalue weighted by atomic mass is 16.7. The van der Waals surface area contributed by atoms with Crippen LogP contribution in [0.3, 0.4) is 0 Å². The van der Waals surface area contributed by atoms with E-state index in [4.69, 9.17) is 14.1 Å². The van der Waals surface area contributed by atoms with Gasteiger partial charge in [-0.3, -0.25) is 9.59 Å². The van der Waals surface area contributed by atoms with Crippen LogP contribution >= 0.6 is 0 Å². The Balaban J connectivity index is 2.14. The molecule has 0 aliphatic carbocycles. The predicted octanol–water partition coefficient (Wildman–Crippen LogP) is 0.945. The Morgan fingerprint density at radius 3 is 2.57 bits per heavy atom. The highest BCUT2D eigenvalue weighted by Crippen LogP contribution is 2.36. The Labute approximate surface area is 163 Å². The summed E-state index contributed by atoms with van der Waals surface area (Å²) < 4.78 is 15.2. The summed E-state index contributed by atoms with van der Waals surface area (Å²) in [4.78, 5) is 35.7. The van der Waals surface area contributed by atoms with Gasteiger partial charge >= 0.3 is 19.1 Å². The van der Waals surface area contributed by atoms with Crippen LogP contribution in [0.4, 0.5) is 0 Å². The van der Waals surface area contributed by atoms with E-state index in [0.717, 1.165) is 0 Å². The minimum atomic E-state index is -1.41. The van der Waals surface area contributed by atoms with E-state index in [-0.39, 0.29) is 30.1 Å². The SMILES string of the molecule is CCC(=O)N[C@H]1Cc2ccc(O)c(C(=O)OCOC(=O)C(C)(C)C)c2OB1O. The van der Waals surface area contributed by atoms with Crippen LogP contribution in [-0.2, 0) is 25.5 Å². The summed E-state index contributed by atoms with van der Waals surface area (Å²) >= 11 is 0. The van der Waals surface area contributed by atoms with Crippen LogP contribution in [0, 0.1) is 5.41 Å². The van der Waals surface area contributed by atoms with Crippen LogP contribution in [0.2, 0.25) is 0 Å². The van der Waals surface area contributed by atoms with Crippen LogP contribution < -0.4 is 9.97 Å². The van der Waals surface area contributed by atoms with E-state index in [1.165, 1.54) is 12.1 Å². The van der Waals surface area contributed by atoms with Crippen molar-refractivity contribution in [2.45, 2.75) is 46.5 Å². The number of hydrogen-bond donors (Lipinski definition) is 3. The normalized spacial score (nSPS) is 15.9. The molecule has 1 aliphatic rings. The second-order valence-electron chi connectivity index (χ2n) is 7.42. The molecule has 1 aromatic carbocycles.